The molecule has 0 spiro atoms. The molecule has 38 heavy (non-hydrogen) atoms. The number of hydrogen-bond donors (Lipinski definition) is 1. The number of aromatic nitrogens is 5. The van der Waals surface area contributed by atoms with E-state index in [0.717, 1.165) is 16.8 Å². The van der Waals surface area contributed by atoms with Crippen molar-refractivity contribution >= 4 is 5.91 Å². The number of aryl methyl sites for hydroxylation is 1. The Morgan fingerprint density at radius 2 is 1.79 bits per heavy atom. The summed E-state index contributed by atoms with van der Waals surface area (Å²) >= 11 is 0. The predicted molar refractivity (Wildman–Crippen MR) is 124 cm³/mol. The van der Waals surface area contributed by atoms with Gasteiger partial charge in [-0.05, 0) is 25.1 Å². The Bertz CT molecular complexity index is 1630. The SMILES string of the molecule is CNC(=O)C(c1cc(-c2ccc(C)cc2C(F)(F)F)no1)n1cc2nc(-c3cccc(F)c3F)nc-2cn1. The van der Waals surface area contributed by atoms with Crippen LogP contribution in [0.3, 0.4) is 0 Å². The molecule has 1 unspecified atom stereocenters. The van der Waals surface area contributed by atoms with Crippen LogP contribution in [0.5, 0.6) is 0 Å². The van der Waals surface area contributed by atoms with Crippen LogP contribution in [0.15, 0.2) is 59.4 Å². The zero-order valence-corrected chi connectivity index (χ0v) is 19.7. The van der Waals surface area contributed by atoms with Gasteiger partial charge in [-0.25, -0.2) is 18.7 Å². The third kappa shape index (κ3) is 4.46. The number of nitrogens with one attached hydrogen (secondary N) is 1. The summed E-state index contributed by atoms with van der Waals surface area (Å²) in [6.45, 7) is 1.54. The number of imidazole rings is 1. The smallest absolute Gasteiger partial charge is 0.358 e. The Balaban J connectivity index is 1.56. The first kappa shape index (κ1) is 25.0. The lowest BCUT2D eigenvalue weighted by Crippen LogP contribution is -2.31. The van der Waals surface area contributed by atoms with Gasteiger partial charge in [0.05, 0.1) is 23.5 Å². The van der Waals surface area contributed by atoms with Crippen molar-refractivity contribution in [2.75, 3.05) is 7.05 Å². The maximum absolute atomic E-state index is 14.2. The van der Waals surface area contributed by atoms with Crippen molar-refractivity contribution < 1.29 is 31.3 Å². The van der Waals surface area contributed by atoms with Gasteiger partial charge in [0.15, 0.2) is 29.3 Å². The molecule has 2 aromatic carbocycles. The van der Waals surface area contributed by atoms with Gasteiger partial charge in [-0.3, -0.25) is 9.48 Å². The molecule has 0 bridgehead atoms. The van der Waals surface area contributed by atoms with Gasteiger partial charge in [0.1, 0.15) is 17.1 Å². The summed E-state index contributed by atoms with van der Waals surface area (Å²) in [6.07, 6.45) is -2.05. The molecule has 1 amide bonds. The van der Waals surface area contributed by atoms with Crippen molar-refractivity contribution in [1.82, 2.24) is 30.2 Å². The van der Waals surface area contributed by atoms with Crippen LogP contribution in [0.25, 0.3) is 34.0 Å². The second-order valence-corrected chi connectivity index (χ2v) is 8.35. The summed E-state index contributed by atoms with van der Waals surface area (Å²) in [5.74, 6) is -2.97. The summed E-state index contributed by atoms with van der Waals surface area (Å²) in [7, 11) is 1.36. The molecule has 194 valence electrons. The van der Waals surface area contributed by atoms with Gasteiger partial charge >= 0.3 is 6.18 Å². The van der Waals surface area contributed by atoms with Crippen LogP contribution in [0.2, 0.25) is 0 Å². The molecule has 0 radical (unpaired) electrons. The fourth-order valence-corrected chi connectivity index (χ4v) is 3.95. The fraction of sp³-hybridized carbons (Fsp3) is 0.160. The Kier molecular flexibility index (Phi) is 6.13. The summed E-state index contributed by atoms with van der Waals surface area (Å²) < 4.78 is 75.3. The molecular weight excluding hydrogens is 511 g/mol. The largest absolute Gasteiger partial charge is 0.417 e. The number of carbonyl (C=O) groups is 1. The van der Waals surface area contributed by atoms with Crippen LogP contribution >= 0.6 is 0 Å². The van der Waals surface area contributed by atoms with Gasteiger partial charge in [0.2, 0.25) is 0 Å². The first-order valence-electron chi connectivity index (χ1n) is 11.1. The standard InChI is InChI=1S/C25H17F5N6O2/c1-12-6-7-13(15(8-12)25(28,29)30)17-9-20(38-35-17)22(24(37)31-2)36-11-19-18(10-32-36)33-23(34-19)14-4-3-5-16(26)21(14)27/h3-11,22H,1-2H3,(H,31,37). The van der Waals surface area contributed by atoms with E-state index in [1.807, 2.05) is 0 Å². The van der Waals surface area contributed by atoms with Crippen molar-refractivity contribution in [3.8, 4) is 34.0 Å². The molecule has 0 fully saturated rings. The van der Waals surface area contributed by atoms with Gasteiger partial charge in [-0.1, -0.05) is 28.9 Å². The summed E-state index contributed by atoms with van der Waals surface area (Å²) in [6, 6.07) is 7.32. The zero-order valence-electron chi connectivity index (χ0n) is 19.7. The molecule has 2 aliphatic heterocycles. The highest BCUT2D eigenvalue weighted by atomic mass is 19.4. The second kappa shape index (κ2) is 9.32. The minimum atomic E-state index is -4.64. The number of hydrogen-bond acceptors (Lipinski definition) is 6. The number of benzene rings is 2. The second-order valence-electron chi connectivity index (χ2n) is 8.35. The molecule has 13 heteroatoms. The molecule has 0 saturated carbocycles. The topological polar surface area (TPSA) is 98.7 Å². The summed E-state index contributed by atoms with van der Waals surface area (Å²) in [5, 5.41) is 10.4. The first-order valence-corrected chi connectivity index (χ1v) is 11.1. The van der Waals surface area contributed by atoms with Crippen LogP contribution in [0.1, 0.15) is 22.9 Å². The fourth-order valence-electron chi connectivity index (χ4n) is 3.95. The van der Waals surface area contributed by atoms with E-state index >= 15 is 0 Å². The van der Waals surface area contributed by atoms with Crippen LogP contribution < -0.4 is 5.32 Å². The van der Waals surface area contributed by atoms with E-state index in [2.05, 4.69) is 25.5 Å². The van der Waals surface area contributed by atoms with Gasteiger partial charge in [-0.2, -0.15) is 18.3 Å². The number of carbonyl (C=O) groups excluding carboxylic acids is 1. The van der Waals surface area contributed by atoms with E-state index in [1.54, 1.807) is 0 Å². The van der Waals surface area contributed by atoms with E-state index in [9.17, 15) is 26.7 Å². The third-order valence-corrected chi connectivity index (χ3v) is 5.79. The Morgan fingerprint density at radius 1 is 1.03 bits per heavy atom. The number of halogens is 5. The maximum atomic E-state index is 14.2. The molecule has 0 saturated heterocycles. The first-order chi connectivity index (χ1) is 18.1. The van der Waals surface area contributed by atoms with E-state index in [4.69, 9.17) is 4.52 Å². The lowest BCUT2D eigenvalue weighted by molar-refractivity contribution is -0.137. The predicted octanol–water partition coefficient (Wildman–Crippen LogP) is 5.04. The Morgan fingerprint density at radius 3 is 2.53 bits per heavy atom. The molecule has 8 nitrogen and oxygen atoms in total. The average Bonchev–Trinajstić information content (AvgIpc) is 3.52. The lowest BCUT2D eigenvalue weighted by atomic mass is 10.0. The zero-order chi connectivity index (χ0) is 27.2. The number of alkyl halides is 3. The van der Waals surface area contributed by atoms with E-state index in [-0.39, 0.29) is 39.8 Å². The third-order valence-electron chi connectivity index (χ3n) is 5.79. The van der Waals surface area contributed by atoms with Gasteiger partial charge in [-0.15, -0.1) is 0 Å². The molecule has 3 aromatic rings. The van der Waals surface area contributed by atoms with Crippen LogP contribution in [0.4, 0.5) is 22.0 Å². The van der Waals surface area contributed by atoms with E-state index < -0.39 is 35.3 Å². The van der Waals surface area contributed by atoms with Gasteiger partial charge < -0.3 is 9.84 Å². The van der Waals surface area contributed by atoms with Crippen LogP contribution in [-0.4, -0.2) is 37.9 Å². The van der Waals surface area contributed by atoms with Crippen molar-refractivity contribution in [1.29, 1.82) is 0 Å². The van der Waals surface area contributed by atoms with Gasteiger partial charge in [0, 0.05) is 18.7 Å². The van der Waals surface area contributed by atoms with Crippen LogP contribution in [-0.2, 0) is 11.0 Å². The molecule has 0 aliphatic carbocycles. The highest BCUT2D eigenvalue weighted by Crippen LogP contribution is 2.38. The number of amides is 1. The van der Waals surface area contributed by atoms with Crippen molar-refractivity contribution in [3.63, 3.8) is 0 Å². The monoisotopic (exact) mass is 528 g/mol. The lowest BCUT2D eigenvalue weighted by Gasteiger charge is -2.15. The highest BCUT2D eigenvalue weighted by Gasteiger charge is 2.35. The van der Waals surface area contributed by atoms with Crippen molar-refractivity contribution in [3.05, 3.63) is 83.4 Å². The number of rotatable bonds is 5. The normalized spacial score (nSPS) is 12.6. The summed E-state index contributed by atoms with van der Waals surface area (Å²) in [5.41, 5.74) is -0.548. The molecule has 5 rings (SSSR count). The number of likely N-dealkylation sites (N-methyl/N-ethyl adjacent to an activating group) is 1. The molecule has 1 aromatic heterocycles. The van der Waals surface area contributed by atoms with Crippen molar-refractivity contribution in [2.45, 2.75) is 19.1 Å². The number of fused-ring (bicyclic) bond motifs is 1. The Labute approximate surface area is 211 Å². The van der Waals surface area contributed by atoms with Crippen molar-refractivity contribution in [2.24, 2.45) is 0 Å². The average molecular weight is 528 g/mol. The molecular formula is C25H17F5N6O2. The maximum Gasteiger partial charge on any atom is 0.417 e. The molecule has 1 N–H and O–H groups in total. The Hall–Kier alpha value is -4.68. The minimum Gasteiger partial charge on any atom is -0.358 e. The molecule has 2 aliphatic rings. The number of nitrogens with zero attached hydrogens (tertiary/aromatic N) is 5. The van der Waals surface area contributed by atoms with E-state index in [0.29, 0.717) is 5.56 Å². The highest BCUT2D eigenvalue weighted by molar-refractivity contribution is 5.83. The summed E-state index contributed by atoms with van der Waals surface area (Å²) in [4.78, 5) is 21.2. The molecule has 3 heterocycles. The van der Waals surface area contributed by atoms with E-state index in [1.165, 1.54) is 56.7 Å². The molecule has 1 atom stereocenters. The van der Waals surface area contributed by atoms with Gasteiger partial charge in [0.25, 0.3) is 5.91 Å². The minimum absolute atomic E-state index is 0.0888. The quantitative estimate of drug-likeness (QED) is 0.321. The van der Waals surface area contributed by atoms with Crippen LogP contribution in [0, 0.1) is 18.6 Å².